The third-order valence-corrected chi connectivity index (χ3v) is 0.183. The number of nitrogens with zero attached hydrogens (tertiary/aromatic N) is 1. The summed E-state index contributed by atoms with van der Waals surface area (Å²) in [4.78, 5) is 3.12. The standard InChI is InChI=1S/C4H4N/c1-3-4-5-2/h1-2H,4H2/q+1. The van der Waals surface area contributed by atoms with Gasteiger partial charge in [0.05, 0.1) is 0 Å². The van der Waals surface area contributed by atoms with Gasteiger partial charge in [-0.3, -0.25) is 0 Å². The van der Waals surface area contributed by atoms with Gasteiger partial charge in [0.1, 0.15) is 0 Å². The molecule has 0 rings (SSSR count). The second-order valence-electron chi connectivity index (χ2n) is 0.545. The van der Waals surface area contributed by atoms with Crippen molar-refractivity contribution in [2.24, 2.45) is 0 Å². The second kappa shape index (κ2) is 3.05. The molecule has 0 aliphatic heterocycles. The third-order valence-electron chi connectivity index (χ3n) is 0.183. The van der Waals surface area contributed by atoms with E-state index >= 15 is 0 Å². The van der Waals surface area contributed by atoms with E-state index in [4.69, 9.17) is 6.42 Å². The summed E-state index contributed by atoms with van der Waals surface area (Å²) in [5.74, 6) is 2.23. The van der Waals surface area contributed by atoms with Crippen molar-refractivity contribution in [1.82, 2.24) is 0 Å². The highest BCUT2D eigenvalue weighted by atomic mass is 14.6. The fraction of sp³-hybridized carbons (Fsp3) is 0.250. The maximum absolute atomic E-state index is 4.72. The molecule has 5 heavy (non-hydrogen) atoms. The number of hydrogen-bond acceptors (Lipinski definition) is 0. The van der Waals surface area contributed by atoms with Gasteiger partial charge in [-0.15, -0.1) is 6.42 Å². The lowest BCUT2D eigenvalue weighted by Crippen LogP contribution is -1.56. The minimum absolute atomic E-state index is 0.319. The van der Waals surface area contributed by atoms with Crippen molar-refractivity contribution in [3.8, 4) is 18.9 Å². The SMILES string of the molecule is C#CC[N+]#C. The zero-order valence-corrected chi connectivity index (χ0v) is 2.81. The lowest BCUT2D eigenvalue weighted by atomic mass is 10.7. The molecular weight excluding hydrogens is 62.1 g/mol. The Morgan fingerprint density at radius 2 is 2.40 bits per heavy atom. The summed E-state index contributed by atoms with van der Waals surface area (Å²) in [5, 5.41) is 0. The van der Waals surface area contributed by atoms with Crippen LogP contribution in [0.2, 0.25) is 0 Å². The van der Waals surface area contributed by atoms with Crippen LogP contribution in [0.15, 0.2) is 0 Å². The van der Waals surface area contributed by atoms with Gasteiger partial charge in [0.15, 0.2) is 0 Å². The lowest BCUT2D eigenvalue weighted by molar-refractivity contribution is 1.64. The van der Waals surface area contributed by atoms with Gasteiger partial charge in [0, 0.05) is 0 Å². The first-order chi connectivity index (χ1) is 2.41. The van der Waals surface area contributed by atoms with Crippen LogP contribution in [0.4, 0.5) is 0 Å². The molecule has 0 aromatic carbocycles. The van der Waals surface area contributed by atoms with Gasteiger partial charge in [-0.1, -0.05) is 4.85 Å². The largest absolute Gasteiger partial charge is 0.322 e. The fourth-order valence-electron chi connectivity index (χ4n) is 0.0527. The van der Waals surface area contributed by atoms with Crippen molar-refractivity contribution >= 4 is 0 Å². The minimum atomic E-state index is 0.319. The highest BCUT2D eigenvalue weighted by Crippen LogP contribution is 1.53. The molecule has 0 fully saturated rings. The van der Waals surface area contributed by atoms with Crippen LogP contribution in [0.5, 0.6) is 0 Å². The minimum Gasteiger partial charge on any atom is -0.112 e. The molecule has 0 unspecified atom stereocenters. The summed E-state index contributed by atoms with van der Waals surface area (Å²) in [7, 11) is 0. The van der Waals surface area contributed by atoms with Gasteiger partial charge in [0.25, 0.3) is 6.57 Å². The number of terminal acetylenes is 1. The van der Waals surface area contributed by atoms with Crippen LogP contribution >= 0.6 is 0 Å². The predicted octanol–water partition coefficient (Wildman–Crippen LogP) is 0.582. The molecule has 0 amide bonds. The highest BCUT2D eigenvalue weighted by Gasteiger charge is 1.66. The van der Waals surface area contributed by atoms with E-state index < -0.39 is 0 Å². The van der Waals surface area contributed by atoms with Crippen molar-refractivity contribution in [2.75, 3.05) is 6.54 Å². The molecule has 0 aromatic heterocycles. The van der Waals surface area contributed by atoms with Crippen LogP contribution in [0.25, 0.3) is 4.85 Å². The third kappa shape index (κ3) is 3.05. The van der Waals surface area contributed by atoms with Crippen molar-refractivity contribution in [3.05, 3.63) is 4.85 Å². The van der Waals surface area contributed by atoms with Crippen molar-refractivity contribution in [1.29, 1.82) is 0 Å². The Morgan fingerprint density at radius 1 is 1.80 bits per heavy atom. The Morgan fingerprint density at radius 3 is 2.40 bits per heavy atom. The lowest BCUT2D eigenvalue weighted by Gasteiger charge is -1.42. The zero-order valence-electron chi connectivity index (χ0n) is 2.81. The topological polar surface area (TPSA) is 4.36 Å². The maximum atomic E-state index is 4.72. The summed E-state index contributed by atoms with van der Waals surface area (Å²) in [6, 6.07) is 0. The van der Waals surface area contributed by atoms with E-state index in [-0.39, 0.29) is 0 Å². The molecule has 0 N–H and O–H groups in total. The molecule has 0 aliphatic carbocycles. The summed E-state index contributed by atoms with van der Waals surface area (Å²) in [6.45, 7) is 4.94. The Kier molecular flexibility index (Phi) is 2.47. The molecular formula is C4H4N+. The molecule has 0 atom stereocenters. The fourth-order valence-corrected chi connectivity index (χ4v) is 0.0527. The molecule has 1 heteroatoms. The first-order valence-electron chi connectivity index (χ1n) is 1.22. The van der Waals surface area contributed by atoms with Crippen LogP contribution in [-0.4, -0.2) is 6.54 Å². The number of rotatable bonds is 0. The van der Waals surface area contributed by atoms with E-state index in [1.54, 1.807) is 0 Å². The van der Waals surface area contributed by atoms with E-state index in [9.17, 15) is 0 Å². The van der Waals surface area contributed by atoms with Gasteiger partial charge in [0.2, 0.25) is 0 Å². The van der Waals surface area contributed by atoms with Gasteiger partial charge >= 0.3 is 6.54 Å². The van der Waals surface area contributed by atoms with Crippen LogP contribution in [0, 0.1) is 18.9 Å². The van der Waals surface area contributed by atoms with E-state index in [2.05, 4.69) is 17.3 Å². The normalized spacial score (nSPS) is 4.40. The molecule has 0 saturated heterocycles. The smallest absolute Gasteiger partial charge is 0.112 e. The van der Waals surface area contributed by atoms with Gasteiger partial charge in [-0.2, -0.15) is 0 Å². The van der Waals surface area contributed by atoms with Crippen molar-refractivity contribution in [2.45, 2.75) is 0 Å². The van der Waals surface area contributed by atoms with Crippen LogP contribution in [0.1, 0.15) is 0 Å². The molecule has 0 saturated carbocycles. The monoisotopic (exact) mass is 66.0 g/mol. The molecule has 0 aromatic rings. The van der Waals surface area contributed by atoms with Crippen molar-refractivity contribution in [3.63, 3.8) is 0 Å². The van der Waals surface area contributed by atoms with Gasteiger partial charge in [-0.25, -0.2) is 0 Å². The average molecular weight is 66.1 g/mol. The first-order valence-corrected chi connectivity index (χ1v) is 1.22. The van der Waals surface area contributed by atoms with Gasteiger partial charge < -0.3 is 0 Å². The summed E-state index contributed by atoms with van der Waals surface area (Å²) >= 11 is 0. The molecule has 0 radical (unpaired) electrons. The van der Waals surface area contributed by atoms with E-state index in [1.165, 1.54) is 0 Å². The first kappa shape index (κ1) is 4.05. The molecule has 0 heterocycles. The molecule has 0 spiro atoms. The van der Waals surface area contributed by atoms with Crippen molar-refractivity contribution < 1.29 is 0 Å². The Bertz CT molecular complexity index is 68.8. The Hall–Kier alpha value is -0.950. The van der Waals surface area contributed by atoms with E-state index in [0.717, 1.165) is 0 Å². The van der Waals surface area contributed by atoms with E-state index in [1.807, 2.05) is 0 Å². The molecule has 24 valence electrons. The summed E-state index contributed by atoms with van der Waals surface area (Å²) in [6.07, 6.45) is 4.72. The second-order valence-corrected chi connectivity index (χ2v) is 0.545. The molecule has 0 bridgehead atoms. The van der Waals surface area contributed by atoms with Gasteiger partial charge in [-0.05, 0) is 5.92 Å². The molecule has 1 nitrogen and oxygen atoms in total. The molecule has 0 aliphatic rings. The Balaban J connectivity index is 2.86. The summed E-state index contributed by atoms with van der Waals surface area (Å²) in [5.41, 5.74) is 0. The maximum Gasteiger partial charge on any atom is 0.322 e. The van der Waals surface area contributed by atoms with Crippen LogP contribution in [0.3, 0.4) is 0 Å². The number of hydrogen-bond donors (Lipinski definition) is 0. The Labute approximate surface area is 31.4 Å². The average Bonchev–Trinajstić information content (AvgIpc) is 1.41. The van der Waals surface area contributed by atoms with Crippen LogP contribution < -0.4 is 0 Å². The predicted molar refractivity (Wildman–Crippen MR) is 22.0 cm³/mol. The van der Waals surface area contributed by atoms with E-state index in [0.29, 0.717) is 6.54 Å². The zero-order chi connectivity index (χ0) is 4.12. The quantitative estimate of drug-likeness (QED) is 0.364. The highest BCUT2D eigenvalue weighted by molar-refractivity contribution is 4.93. The van der Waals surface area contributed by atoms with Crippen LogP contribution in [-0.2, 0) is 0 Å². The summed E-state index contributed by atoms with van der Waals surface area (Å²) < 4.78 is 0.